The molecule has 1 aliphatic rings. The van der Waals surface area contributed by atoms with Gasteiger partial charge in [-0.2, -0.15) is 10.2 Å². The van der Waals surface area contributed by atoms with E-state index in [0.29, 0.717) is 5.02 Å². The first-order valence-electron chi connectivity index (χ1n) is 5.58. The molecule has 17 heavy (non-hydrogen) atoms. The van der Waals surface area contributed by atoms with Crippen LogP contribution in [0, 0.1) is 0 Å². The van der Waals surface area contributed by atoms with Gasteiger partial charge in [0.05, 0.1) is 29.9 Å². The molecule has 0 spiro atoms. The molecule has 2 heterocycles. The third kappa shape index (κ3) is 2.06. The topological polar surface area (TPSA) is 38.2 Å². The van der Waals surface area contributed by atoms with E-state index in [4.69, 9.17) is 16.3 Å². The highest BCUT2D eigenvalue weighted by Crippen LogP contribution is 2.25. The van der Waals surface area contributed by atoms with Crippen LogP contribution in [0.15, 0.2) is 24.4 Å². The molecule has 3 rings (SSSR count). The van der Waals surface area contributed by atoms with Crippen molar-refractivity contribution >= 4 is 28.2 Å². The van der Waals surface area contributed by atoms with Gasteiger partial charge in [0.25, 0.3) is 0 Å². The first-order valence-corrected chi connectivity index (χ1v) is 5.96. The van der Waals surface area contributed by atoms with Gasteiger partial charge in [-0.05, 0) is 18.2 Å². The number of rotatable bonds is 1. The zero-order chi connectivity index (χ0) is 11.7. The summed E-state index contributed by atoms with van der Waals surface area (Å²) in [5, 5.41) is 9.56. The molecule has 0 N–H and O–H groups in total. The van der Waals surface area contributed by atoms with E-state index < -0.39 is 0 Å². The Bertz CT molecular complexity index is 540. The first-order chi connectivity index (χ1) is 8.34. The Balaban J connectivity index is 2.01. The molecule has 1 aromatic carbocycles. The summed E-state index contributed by atoms with van der Waals surface area (Å²) in [6.07, 6.45) is 1.57. The fraction of sp³-hybridized carbons (Fsp3) is 0.333. The van der Waals surface area contributed by atoms with Crippen molar-refractivity contribution in [2.24, 2.45) is 0 Å². The lowest BCUT2D eigenvalue weighted by Gasteiger charge is -2.28. The third-order valence-corrected chi connectivity index (χ3v) is 3.25. The molecule has 1 aromatic heterocycles. The number of anilines is 1. The number of aromatic nitrogens is 2. The van der Waals surface area contributed by atoms with Gasteiger partial charge in [-0.25, -0.2) is 0 Å². The van der Waals surface area contributed by atoms with E-state index in [-0.39, 0.29) is 0 Å². The molecule has 0 unspecified atom stereocenters. The van der Waals surface area contributed by atoms with Crippen molar-refractivity contribution in [3.05, 3.63) is 29.4 Å². The van der Waals surface area contributed by atoms with E-state index in [2.05, 4.69) is 21.2 Å². The minimum absolute atomic E-state index is 0.642. The van der Waals surface area contributed by atoms with E-state index in [0.717, 1.165) is 42.9 Å². The SMILES string of the molecule is Clc1cnnc2cc(N3CCOCC3)ccc12. The number of hydrogen-bond donors (Lipinski definition) is 0. The number of ether oxygens (including phenoxy) is 1. The van der Waals surface area contributed by atoms with Crippen LogP contribution in [0.25, 0.3) is 10.9 Å². The van der Waals surface area contributed by atoms with Crippen LogP contribution in [0.1, 0.15) is 0 Å². The van der Waals surface area contributed by atoms with Gasteiger partial charge in [0, 0.05) is 24.2 Å². The average molecular weight is 250 g/mol. The average Bonchev–Trinajstić information content (AvgIpc) is 2.40. The maximum Gasteiger partial charge on any atom is 0.0965 e. The van der Waals surface area contributed by atoms with Crippen LogP contribution in [0.3, 0.4) is 0 Å². The molecule has 1 fully saturated rings. The Kier molecular flexibility index (Phi) is 2.82. The maximum atomic E-state index is 6.06. The lowest BCUT2D eigenvalue weighted by molar-refractivity contribution is 0.122. The van der Waals surface area contributed by atoms with E-state index in [9.17, 15) is 0 Å². The lowest BCUT2D eigenvalue weighted by Crippen LogP contribution is -2.36. The molecule has 0 saturated carbocycles. The molecule has 1 aliphatic heterocycles. The standard InChI is InChI=1S/C12H12ClN3O/c13-11-8-14-15-12-7-9(1-2-10(11)12)16-3-5-17-6-4-16/h1-2,7-8H,3-6H2. The van der Waals surface area contributed by atoms with Gasteiger partial charge in [-0.3, -0.25) is 0 Å². The van der Waals surface area contributed by atoms with Gasteiger partial charge < -0.3 is 9.64 Å². The van der Waals surface area contributed by atoms with Crippen LogP contribution < -0.4 is 4.90 Å². The van der Waals surface area contributed by atoms with Crippen molar-refractivity contribution in [3.8, 4) is 0 Å². The fourth-order valence-electron chi connectivity index (χ4n) is 2.03. The Morgan fingerprint density at radius 3 is 2.88 bits per heavy atom. The highest BCUT2D eigenvalue weighted by atomic mass is 35.5. The van der Waals surface area contributed by atoms with Gasteiger partial charge in [-0.15, -0.1) is 0 Å². The van der Waals surface area contributed by atoms with Crippen molar-refractivity contribution in [2.45, 2.75) is 0 Å². The predicted molar refractivity (Wildman–Crippen MR) is 67.6 cm³/mol. The first kappa shape index (κ1) is 10.7. The number of halogens is 1. The van der Waals surface area contributed by atoms with E-state index in [1.807, 2.05) is 12.1 Å². The Hall–Kier alpha value is -1.39. The number of nitrogens with zero attached hydrogens (tertiary/aromatic N) is 3. The van der Waals surface area contributed by atoms with Gasteiger partial charge >= 0.3 is 0 Å². The van der Waals surface area contributed by atoms with Crippen molar-refractivity contribution in [1.29, 1.82) is 0 Å². The maximum absolute atomic E-state index is 6.06. The highest BCUT2D eigenvalue weighted by molar-refractivity contribution is 6.35. The highest BCUT2D eigenvalue weighted by Gasteiger charge is 2.12. The Morgan fingerprint density at radius 1 is 1.24 bits per heavy atom. The molecular weight excluding hydrogens is 238 g/mol. The molecule has 0 aliphatic carbocycles. The smallest absolute Gasteiger partial charge is 0.0965 e. The van der Waals surface area contributed by atoms with Crippen molar-refractivity contribution in [3.63, 3.8) is 0 Å². The van der Waals surface area contributed by atoms with Crippen LogP contribution in [0.5, 0.6) is 0 Å². The van der Waals surface area contributed by atoms with Gasteiger partial charge in [0.1, 0.15) is 0 Å². The van der Waals surface area contributed by atoms with Gasteiger partial charge in [0.15, 0.2) is 0 Å². The summed E-state index contributed by atoms with van der Waals surface area (Å²) in [5.74, 6) is 0. The quantitative estimate of drug-likeness (QED) is 0.776. The molecule has 0 radical (unpaired) electrons. The molecule has 0 atom stereocenters. The zero-order valence-electron chi connectivity index (χ0n) is 9.27. The van der Waals surface area contributed by atoms with Crippen LogP contribution in [-0.2, 0) is 4.74 Å². The summed E-state index contributed by atoms with van der Waals surface area (Å²) in [7, 11) is 0. The molecule has 1 saturated heterocycles. The molecule has 88 valence electrons. The second kappa shape index (κ2) is 4.47. The van der Waals surface area contributed by atoms with E-state index in [1.54, 1.807) is 6.20 Å². The summed E-state index contributed by atoms with van der Waals surface area (Å²) in [4.78, 5) is 2.28. The summed E-state index contributed by atoms with van der Waals surface area (Å²) in [6, 6.07) is 6.10. The molecule has 2 aromatic rings. The van der Waals surface area contributed by atoms with E-state index >= 15 is 0 Å². The predicted octanol–water partition coefficient (Wildman–Crippen LogP) is 2.12. The minimum Gasteiger partial charge on any atom is -0.378 e. The molecule has 0 amide bonds. The van der Waals surface area contributed by atoms with E-state index in [1.165, 1.54) is 0 Å². The minimum atomic E-state index is 0.642. The van der Waals surface area contributed by atoms with Crippen molar-refractivity contribution in [2.75, 3.05) is 31.2 Å². The molecule has 0 bridgehead atoms. The van der Waals surface area contributed by atoms with Gasteiger partial charge in [-0.1, -0.05) is 11.6 Å². The van der Waals surface area contributed by atoms with Crippen molar-refractivity contribution < 1.29 is 4.74 Å². The number of hydrogen-bond acceptors (Lipinski definition) is 4. The van der Waals surface area contributed by atoms with Crippen LogP contribution in [0.4, 0.5) is 5.69 Å². The second-order valence-corrected chi connectivity index (χ2v) is 4.40. The lowest BCUT2D eigenvalue weighted by atomic mass is 10.2. The molecule has 5 heteroatoms. The third-order valence-electron chi connectivity index (χ3n) is 2.95. The molecule has 4 nitrogen and oxygen atoms in total. The summed E-state index contributed by atoms with van der Waals surface area (Å²) in [5.41, 5.74) is 1.99. The van der Waals surface area contributed by atoms with Crippen LogP contribution in [0.2, 0.25) is 5.02 Å². The number of benzene rings is 1. The van der Waals surface area contributed by atoms with Gasteiger partial charge in [0.2, 0.25) is 0 Å². The van der Waals surface area contributed by atoms with Crippen LogP contribution >= 0.6 is 11.6 Å². The largest absolute Gasteiger partial charge is 0.378 e. The second-order valence-electron chi connectivity index (χ2n) is 3.99. The van der Waals surface area contributed by atoms with Crippen LogP contribution in [-0.4, -0.2) is 36.5 Å². The summed E-state index contributed by atoms with van der Waals surface area (Å²) in [6.45, 7) is 3.39. The molecular formula is C12H12ClN3O. The Morgan fingerprint density at radius 2 is 2.06 bits per heavy atom. The fourth-order valence-corrected chi connectivity index (χ4v) is 2.24. The zero-order valence-corrected chi connectivity index (χ0v) is 10.0. The number of fused-ring (bicyclic) bond motifs is 1. The summed E-state index contributed by atoms with van der Waals surface area (Å²) >= 11 is 6.06. The monoisotopic (exact) mass is 249 g/mol. The Labute approximate surface area is 104 Å². The summed E-state index contributed by atoms with van der Waals surface area (Å²) < 4.78 is 5.34. The van der Waals surface area contributed by atoms with Crippen molar-refractivity contribution in [1.82, 2.24) is 10.2 Å². The normalized spacial score (nSPS) is 16.4. The number of morpholine rings is 1.